The minimum absolute atomic E-state index is 0.372. The van der Waals surface area contributed by atoms with E-state index in [1.807, 2.05) is 29.0 Å². The molecule has 4 atom stereocenters. The van der Waals surface area contributed by atoms with Crippen LogP contribution >= 0.6 is 22.6 Å². The second-order valence-electron chi connectivity index (χ2n) is 8.16. The summed E-state index contributed by atoms with van der Waals surface area (Å²) in [5.74, 6) is 0.890. The van der Waals surface area contributed by atoms with Crippen molar-refractivity contribution < 1.29 is 20.1 Å². The Hall–Kier alpha value is -2.85. The smallest absolute Gasteiger partial charge is 0.226 e. The summed E-state index contributed by atoms with van der Waals surface area (Å²) in [4.78, 5) is 17.8. The van der Waals surface area contributed by atoms with Crippen molar-refractivity contribution in [3.05, 3.63) is 58.4 Å². The van der Waals surface area contributed by atoms with Crippen molar-refractivity contribution in [2.24, 2.45) is 0 Å². The van der Waals surface area contributed by atoms with E-state index in [0.29, 0.717) is 42.6 Å². The summed E-state index contributed by atoms with van der Waals surface area (Å²) >= 11 is 2.27. The normalized spacial score (nSPS) is 22.1. The van der Waals surface area contributed by atoms with Crippen molar-refractivity contribution >= 4 is 45.5 Å². The Labute approximate surface area is 214 Å². The number of benzene rings is 1. The highest BCUT2D eigenvalue weighted by Crippen LogP contribution is 2.32. The SMILES string of the molecule is OC[C@H]1O[C@@H](n2cnc3c(NCc4cccc(I)c4)nc(NCCn4ccnc4)nc32)[C@H](O)[C@@H]1O. The van der Waals surface area contributed by atoms with Crippen LogP contribution in [-0.4, -0.2) is 75.9 Å². The number of halogens is 1. The van der Waals surface area contributed by atoms with Gasteiger partial charge >= 0.3 is 0 Å². The molecule has 0 unspecified atom stereocenters. The first-order valence-corrected chi connectivity index (χ1v) is 12.2. The van der Waals surface area contributed by atoms with Gasteiger partial charge in [0.2, 0.25) is 5.95 Å². The molecule has 4 heterocycles. The van der Waals surface area contributed by atoms with Gasteiger partial charge in [-0.05, 0) is 40.3 Å². The van der Waals surface area contributed by atoms with E-state index in [2.05, 4.69) is 59.2 Å². The highest BCUT2D eigenvalue weighted by Gasteiger charge is 2.44. The molecule has 5 rings (SSSR count). The van der Waals surface area contributed by atoms with Crippen LogP contribution in [-0.2, 0) is 17.8 Å². The number of hydrogen-bond acceptors (Lipinski definition) is 10. The van der Waals surface area contributed by atoms with Crippen LogP contribution in [0.4, 0.5) is 11.8 Å². The molecule has 0 aliphatic carbocycles. The summed E-state index contributed by atoms with van der Waals surface area (Å²) in [7, 11) is 0. The predicted octanol–water partition coefficient (Wildman–Crippen LogP) is 0.963. The average molecular weight is 592 g/mol. The number of ether oxygens (including phenoxy) is 1. The molecular formula is C22H25IN8O4. The van der Waals surface area contributed by atoms with Gasteiger partial charge in [0.25, 0.3) is 0 Å². The average Bonchev–Trinajstić information content (AvgIpc) is 3.58. The van der Waals surface area contributed by atoms with Crippen LogP contribution in [0.5, 0.6) is 0 Å². The Balaban J connectivity index is 1.45. The molecule has 0 radical (unpaired) electrons. The second kappa shape index (κ2) is 10.4. The van der Waals surface area contributed by atoms with E-state index in [4.69, 9.17) is 4.74 Å². The highest BCUT2D eigenvalue weighted by molar-refractivity contribution is 14.1. The first-order chi connectivity index (χ1) is 17.0. The lowest BCUT2D eigenvalue weighted by Crippen LogP contribution is -2.33. The van der Waals surface area contributed by atoms with Gasteiger partial charge in [-0.25, -0.2) is 9.97 Å². The Morgan fingerprint density at radius 2 is 2.00 bits per heavy atom. The van der Waals surface area contributed by atoms with Crippen molar-refractivity contribution in [1.82, 2.24) is 29.1 Å². The molecule has 13 heteroatoms. The predicted molar refractivity (Wildman–Crippen MR) is 136 cm³/mol. The molecular weight excluding hydrogens is 567 g/mol. The van der Waals surface area contributed by atoms with E-state index in [1.165, 1.54) is 6.33 Å². The molecule has 1 saturated heterocycles. The number of aliphatic hydroxyl groups excluding tert-OH is 3. The second-order valence-corrected chi connectivity index (χ2v) is 9.41. The van der Waals surface area contributed by atoms with Crippen LogP contribution in [0.1, 0.15) is 11.8 Å². The van der Waals surface area contributed by atoms with E-state index in [0.717, 1.165) is 9.13 Å². The third kappa shape index (κ3) is 5.08. The standard InChI is InChI=1S/C22H25IN8O4/c23-14-3-1-2-13(8-14)9-26-19-16-20(29-22(28-19)25-5-7-30-6-4-24-11-30)31(12-27-16)21-18(34)17(33)15(10-32)35-21/h1-4,6,8,11-12,15,17-18,21,32-34H,5,7,9-10H2,(H2,25,26,28,29)/t15-,17-,18-,21-/m1/s1. The van der Waals surface area contributed by atoms with Crippen LogP contribution in [0.2, 0.25) is 0 Å². The Morgan fingerprint density at radius 1 is 1.11 bits per heavy atom. The Morgan fingerprint density at radius 3 is 2.74 bits per heavy atom. The maximum absolute atomic E-state index is 10.5. The summed E-state index contributed by atoms with van der Waals surface area (Å²) in [6.07, 6.45) is 2.48. The summed E-state index contributed by atoms with van der Waals surface area (Å²) in [6.45, 7) is 1.33. The first kappa shape index (κ1) is 23.9. The quantitative estimate of drug-likeness (QED) is 0.178. The molecule has 0 saturated carbocycles. The number of aliphatic hydroxyl groups is 3. The minimum Gasteiger partial charge on any atom is -0.394 e. The number of nitrogens with zero attached hydrogens (tertiary/aromatic N) is 6. The monoisotopic (exact) mass is 592 g/mol. The van der Waals surface area contributed by atoms with Crippen LogP contribution in [0.3, 0.4) is 0 Å². The minimum atomic E-state index is -1.25. The molecule has 4 aromatic rings. The fourth-order valence-electron chi connectivity index (χ4n) is 3.96. The largest absolute Gasteiger partial charge is 0.394 e. The number of nitrogens with one attached hydrogen (secondary N) is 2. The fourth-order valence-corrected chi connectivity index (χ4v) is 4.57. The van der Waals surface area contributed by atoms with Gasteiger partial charge in [-0.15, -0.1) is 0 Å². The van der Waals surface area contributed by atoms with Gasteiger partial charge in [-0.2, -0.15) is 9.97 Å². The summed E-state index contributed by atoms with van der Waals surface area (Å²) in [5, 5.41) is 36.8. The lowest BCUT2D eigenvalue weighted by molar-refractivity contribution is -0.0511. The first-order valence-electron chi connectivity index (χ1n) is 11.1. The van der Waals surface area contributed by atoms with Gasteiger partial charge in [-0.1, -0.05) is 12.1 Å². The molecule has 5 N–H and O–H groups in total. The van der Waals surface area contributed by atoms with Crippen LogP contribution in [0, 0.1) is 3.57 Å². The third-order valence-corrected chi connectivity index (χ3v) is 6.45. The zero-order valence-corrected chi connectivity index (χ0v) is 20.7. The maximum atomic E-state index is 10.5. The maximum Gasteiger partial charge on any atom is 0.226 e. The van der Waals surface area contributed by atoms with Gasteiger partial charge in [0.05, 0.1) is 19.3 Å². The number of anilines is 2. The third-order valence-electron chi connectivity index (χ3n) is 5.77. The summed E-state index contributed by atoms with van der Waals surface area (Å²) in [5.41, 5.74) is 2.00. The zero-order chi connectivity index (χ0) is 24.4. The number of imidazole rings is 2. The van der Waals surface area contributed by atoms with Crippen molar-refractivity contribution in [2.75, 3.05) is 23.8 Å². The molecule has 0 spiro atoms. The van der Waals surface area contributed by atoms with Gasteiger partial charge in [0, 0.05) is 35.6 Å². The molecule has 35 heavy (non-hydrogen) atoms. The lowest BCUT2D eigenvalue weighted by Gasteiger charge is -2.17. The van der Waals surface area contributed by atoms with Gasteiger partial charge in [0.15, 0.2) is 23.2 Å². The number of rotatable bonds is 9. The van der Waals surface area contributed by atoms with E-state index in [-0.39, 0.29) is 0 Å². The van der Waals surface area contributed by atoms with E-state index in [1.54, 1.807) is 17.1 Å². The molecule has 0 bridgehead atoms. The van der Waals surface area contributed by atoms with Gasteiger partial charge in [0.1, 0.15) is 18.3 Å². The number of hydrogen-bond donors (Lipinski definition) is 5. The van der Waals surface area contributed by atoms with Crippen LogP contribution in [0.15, 0.2) is 49.3 Å². The molecule has 184 valence electrons. The number of fused-ring (bicyclic) bond motifs is 1. The Kier molecular flexibility index (Phi) is 7.10. The molecule has 3 aromatic heterocycles. The van der Waals surface area contributed by atoms with Crippen molar-refractivity contribution in [3.63, 3.8) is 0 Å². The fraction of sp³-hybridized carbons (Fsp3) is 0.364. The summed E-state index contributed by atoms with van der Waals surface area (Å²) in [6, 6.07) is 8.12. The van der Waals surface area contributed by atoms with Crippen molar-refractivity contribution in [3.8, 4) is 0 Å². The van der Waals surface area contributed by atoms with Crippen molar-refractivity contribution in [2.45, 2.75) is 37.6 Å². The molecule has 1 aromatic carbocycles. The highest BCUT2D eigenvalue weighted by atomic mass is 127. The molecule has 12 nitrogen and oxygen atoms in total. The van der Waals surface area contributed by atoms with Gasteiger partial charge < -0.3 is 35.3 Å². The zero-order valence-electron chi connectivity index (χ0n) is 18.6. The van der Waals surface area contributed by atoms with E-state index in [9.17, 15) is 15.3 Å². The Bertz CT molecular complexity index is 1280. The van der Waals surface area contributed by atoms with Crippen LogP contribution in [0.25, 0.3) is 11.2 Å². The molecule has 1 fully saturated rings. The molecule has 0 amide bonds. The topological polar surface area (TPSA) is 155 Å². The van der Waals surface area contributed by atoms with Gasteiger partial charge in [-0.3, -0.25) is 4.57 Å². The number of aromatic nitrogens is 6. The lowest BCUT2D eigenvalue weighted by atomic mass is 10.1. The molecule has 1 aliphatic rings. The van der Waals surface area contributed by atoms with E-state index >= 15 is 0 Å². The van der Waals surface area contributed by atoms with E-state index < -0.39 is 31.1 Å². The molecule has 1 aliphatic heterocycles. The summed E-state index contributed by atoms with van der Waals surface area (Å²) < 4.78 is 10.3. The van der Waals surface area contributed by atoms with Crippen LogP contribution < -0.4 is 10.6 Å². The van der Waals surface area contributed by atoms with Crippen molar-refractivity contribution in [1.29, 1.82) is 0 Å².